The molecule has 1 aromatic rings. The molecule has 1 aliphatic carbocycles. The fourth-order valence-corrected chi connectivity index (χ4v) is 2.76. The second kappa shape index (κ2) is 4.90. The number of rotatable bonds is 2. The fraction of sp³-hybridized carbons (Fsp3) is 0.235. The van der Waals surface area contributed by atoms with Gasteiger partial charge >= 0.3 is 0 Å². The van der Waals surface area contributed by atoms with Crippen molar-refractivity contribution in [3.63, 3.8) is 0 Å². The highest BCUT2D eigenvalue weighted by Crippen LogP contribution is 2.31. The summed E-state index contributed by atoms with van der Waals surface area (Å²) in [7, 11) is 0. The summed E-state index contributed by atoms with van der Waals surface area (Å²) in [5, 5.41) is 21.2. The van der Waals surface area contributed by atoms with Crippen LogP contribution in [0.25, 0.3) is 27.9 Å². The van der Waals surface area contributed by atoms with Crippen molar-refractivity contribution in [2.24, 2.45) is 0 Å². The zero-order valence-corrected chi connectivity index (χ0v) is 11.9. The molecule has 0 spiro atoms. The molecule has 1 atom stereocenters. The zero-order valence-electron chi connectivity index (χ0n) is 11.9. The molecule has 4 heteroatoms. The molecule has 0 amide bonds. The molecule has 0 radical (unpaired) electrons. The van der Waals surface area contributed by atoms with Gasteiger partial charge in [-0.05, 0) is 25.3 Å². The highest BCUT2D eigenvalue weighted by atomic mass is 16.3. The molecule has 0 fully saturated rings. The lowest BCUT2D eigenvalue weighted by Gasteiger charge is -2.14. The smallest absolute Gasteiger partial charge is 0.193 e. The van der Waals surface area contributed by atoms with E-state index < -0.39 is 6.10 Å². The summed E-state index contributed by atoms with van der Waals surface area (Å²) in [6, 6.07) is 8.83. The molecule has 2 N–H and O–H groups in total. The Balaban J connectivity index is 2.46. The van der Waals surface area contributed by atoms with Gasteiger partial charge in [0.05, 0.1) is 11.3 Å². The summed E-state index contributed by atoms with van der Waals surface area (Å²) in [6.45, 7) is 3.19. The summed E-state index contributed by atoms with van der Waals surface area (Å²) >= 11 is 0. The van der Waals surface area contributed by atoms with E-state index in [0.717, 1.165) is 10.9 Å². The number of aliphatic hydroxyl groups excluding tert-OH is 2. The van der Waals surface area contributed by atoms with E-state index in [0.29, 0.717) is 28.5 Å². The molecule has 3 rings (SSSR count). The normalized spacial score (nSPS) is 14.6. The monoisotopic (exact) mass is 284 g/mol. The first-order chi connectivity index (χ1) is 9.97. The van der Waals surface area contributed by atoms with Gasteiger partial charge in [-0.2, -0.15) is 0 Å². The molecular formula is C17H16O4. The predicted octanol–water partition coefficient (Wildman–Crippen LogP) is 2.23. The quantitative estimate of drug-likeness (QED) is 0.757. The lowest BCUT2D eigenvalue weighted by Crippen LogP contribution is -2.27. The maximum atomic E-state index is 12.2. The van der Waals surface area contributed by atoms with Gasteiger partial charge in [0, 0.05) is 23.4 Å². The van der Waals surface area contributed by atoms with E-state index in [1.807, 2.05) is 18.2 Å². The third-order valence-electron chi connectivity index (χ3n) is 3.54. The van der Waals surface area contributed by atoms with E-state index >= 15 is 0 Å². The SMILES string of the molecule is CC(O)=c1c(=O)cc2oc(C[C@H](C)O)cc3cccc1c3-2. The van der Waals surface area contributed by atoms with Crippen LogP contribution in [0.3, 0.4) is 0 Å². The Morgan fingerprint density at radius 2 is 2.10 bits per heavy atom. The largest absolute Gasteiger partial charge is 0.512 e. The first-order valence-electron chi connectivity index (χ1n) is 6.83. The third kappa shape index (κ3) is 2.28. The van der Waals surface area contributed by atoms with Crippen LogP contribution in [0.4, 0.5) is 0 Å². The molecule has 21 heavy (non-hydrogen) atoms. The Hall–Kier alpha value is -2.33. The summed E-state index contributed by atoms with van der Waals surface area (Å²) < 4.78 is 5.74. The van der Waals surface area contributed by atoms with Crippen LogP contribution in [-0.4, -0.2) is 16.3 Å². The first-order valence-corrected chi connectivity index (χ1v) is 6.83. The molecule has 0 saturated carbocycles. The van der Waals surface area contributed by atoms with E-state index in [-0.39, 0.29) is 11.2 Å². The fourth-order valence-electron chi connectivity index (χ4n) is 2.76. The highest BCUT2D eigenvalue weighted by Gasteiger charge is 2.17. The predicted molar refractivity (Wildman–Crippen MR) is 81.4 cm³/mol. The Morgan fingerprint density at radius 1 is 1.33 bits per heavy atom. The van der Waals surface area contributed by atoms with Crippen molar-refractivity contribution in [2.45, 2.75) is 26.4 Å². The summed E-state index contributed by atoms with van der Waals surface area (Å²) in [5.74, 6) is 1.11. The third-order valence-corrected chi connectivity index (χ3v) is 3.54. The van der Waals surface area contributed by atoms with Crippen LogP contribution in [0.5, 0.6) is 0 Å². The Bertz CT molecular complexity index is 885. The molecule has 0 unspecified atom stereocenters. The van der Waals surface area contributed by atoms with Gasteiger partial charge < -0.3 is 14.6 Å². The number of aliphatic hydroxyl groups is 2. The van der Waals surface area contributed by atoms with Crippen molar-refractivity contribution < 1.29 is 14.6 Å². The Morgan fingerprint density at radius 3 is 2.76 bits per heavy atom. The minimum Gasteiger partial charge on any atom is -0.512 e. The summed E-state index contributed by atoms with van der Waals surface area (Å²) in [5.41, 5.74) is 0.544. The molecular weight excluding hydrogens is 268 g/mol. The Labute approximate surface area is 121 Å². The van der Waals surface area contributed by atoms with E-state index in [1.54, 1.807) is 13.0 Å². The lowest BCUT2D eigenvalue weighted by atomic mass is 9.96. The number of benzene rings is 2. The van der Waals surface area contributed by atoms with Gasteiger partial charge in [-0.15, -0.1) is 0 Å². The van der Waals surface area contributed by atoms with Crippen molar-refractivity contribution in [3.8, 4) is 11.3 Å². The minimum atomic E-state index is -0.518. The van der Waals surface area contributed by atoms with Gasteiger partial charge in [0.25, 0.3) is 0 Å². The van der Waals surface area contributed by atoms with Crippen molar-refractivity contribution in [1.82, 2.24) is 0 Å². The van der Waals surface area contributed by atoms with Crippen LogP contribution >= 0.6 is 0 Å². The Kier molecular flexibility index (Phi) is 3.18. The van der Waals surface area contributed by atoms with Crippen molar-refractivity contribution in [1.29, 1.82) is 0 Å². The van der Waals surface area contributed by atoms with Gasteiger partial charge in [-0.3, -0.25) is 4.79 Å². The van der Waals surface area contributed by atoms with E-state index in [2.05, 4.69) is 0 Å². The maximum absolute atomic E-state index is 12.2. The van der Waals surface area contributed by atoms with Crippen molar-refractivity contribution in [3.05, 3.63) is 51.5 Å². The van der Waals surface area contributed by atoms with Crippen LogP contribution in [0.15, 0.2) is 39.5 Å². The average Bonchev–Trinajstić information content (AvgIpc) is 2.36. The molecule has 4 nitrogen and oxygen atoms in total. The number of hydrogen-bond donors (Lipinski definition) is 2. The summed E-state index contributed by atoms with van der Waals surface area (Å²) in [4.78, 5) is 12.2. The average molecular weight is 284 g/mol. The van der Waals surface area contributed by atoms with Crippen LogP contribution in [0, 0.1) is 0 Å². The summed E-state index contributed by atoms with van der Waals surface area (Å²) in [6.07, 6.45) is -0.132. The van der Waals surface area contributed by atoms with Gasteiger partial charge in [0.15, 0.2) is 5.43 Å². The number of hydrogen-bond acceptors (Lipinski definition) is 4. The minimum absolute atomic E-state index is 0.00227. The molecule has 0 bridgehead atoms. The van der Waals surface area contributed by atoms with Crippen LogP contribution in [-0.2, 0) is 6.42 Å². The molecule has 108 valence electrons. The molecule has 1 heterocycles. The molecule has 0 aromatic heterocycles. The van der Waals surface area contributed by atoms with Crippen molar-refractivity contribution >= 4 is 16.5 Å². The zero-order chi connectivity index (χ0) is 15.1. The van der Waals surface area contributed by atoms with Crippen LogP contribution in [0.2, 0.25) is 0 Å². The molecule has 1 aromatic carbocycles. The van der Waals surface area contributed by atoms with E-state index in [9.17, 15) is 15.0 Å². The van der Waals surface area contributed by atoms with Gasteiger partial charge in [-0.25, -0.2) is 0 Å². The van der Waals surface area contributed by atoms with E-state index in [1.165, 1.54) is 13.0 Å². The first kappa shape index (κ1) is 13.6. The molecule has 1 aliphatic heterocycles. The standard InChI is InChI=1S/C17H16O4/c1-9(18)6-12-7-11-4-3-5-13-16(10(2)19)14(20)8-15(21-12)17(11)13/h3-5,7-9,18-19H,6H2,1-2H3/t9-/m0/s1. The molecule has 2 aliphatic rings. The van der Waals surface area contributed by atoms with E-state index in [4.69, 9.17) is 4.42 Å². The van der Waals surface area contributed by atoms with Crippen molar-refractivity contribution in [2.75, 3.05) is 0 Å². The molecule has 0 saturated heterocycles. The highest BCUT2D eigenvalue weighted by molar-refractivity contribution is 5.96. The lowest BCUT2D eigenvalue weighted by molar-refractivity contribution is 0.187. The topological polar surface area (TPSA) is 70.7 Å². The maximum Gasteiger partial charge on any atom is 0.193 e. The van der Waals surface area contributed by atoms with Gasteiger partial charge in [-0.1, -0.05) is 18.2 Å². The van der Waals surface area contributed by atoms with Gasteiger partial charge in [0.1, 0.15) is 17.3 Å². The van der Waals surface area contributed by atoms with Crippen LogP contribution < -0.4 is 10.6 Å². The van der Waals surface area contributed by atoms with Gasteiger partial charge in [0.2, 0.25) is 0 Å². The van der Waals surface area contributed by atoms with Crippen LogP contribution in [0.1, 0.15) is 19.6 Å². The second-order valence-electron chi connectivity index (χ2n) is 5.37. The second-order valence-corrected chi connectivity index (χ2v) is 5.37.